The van der Waals surface area contributed by atoms with Gasteiger partial charge in [-0.3, -0.25) is 28.8 Å². The van der Waals surface area contributed by atoms with Crippen molar-refractivity contribution in [3.8, 4) is 0 Å². The zero-order valence-corrected chi connectivity index (χ0v) is 53.5. The fraction of sp³-hybridized carbons (Fsp3) is 0.565. The minimum Gasteiger partial charge on any atom is -0.455 e. The van der Waals surface area contributed by atoms with Gasteiger partial charge in [0.2, 0.25) is 0 Å². The van der Waals surface area contributed by atoms with Crippen LogP contribution in [0.3, 0.4) is 0 Å². The maximum absolute atomic E-state index is 13.4. The molecular formula is C62H76O29Se. The van der Waals surface area contributed by atoms with Gasteiger partial charge in [0, 0.05) is 41.5 Å². The van der Waals surface area contributed by atoms with Crippen molar-refractivity contribution in [3.63, 3.8) is 0 Å². The van der Waals surface area contributed by atoms with E-state index in [0.717, 1.165) is 59.9 Å². The van der Waals surface area contributed by atoms with Crippen molar-refractivity contribution in [2.24, 2.45) is 0 Å². The van der Waals surface area contributed by atoms with Gasteiger partial charge in [0.05, 0.1) is 13.2 Å². The molecule has 20 atom stereocenters. The molecule has 0 aromatic heterocycles. The number of esters is 9. The summed E-state index contributed by atoms with van der Waals surface area (Å²) in [5, 5.41) is 22.5. The van der Waals surface area contributed by atoms with Crippen LogP contribution < -0.4 is 4.46 Å². The predicted octanol–water partition coefficient (Wildman–Crippen LogP) is 0.875. The Kier molecular flexibility index (Phi) is 27.3. The SMILES string of the molecule is CC(=O)OC[C@H]1O[C@@H](O[C@H]2[C@H](O)[C@@H](CO[C@@H]3O[C@H](CO)[C@@H](OCc4ccccc4)[C@H](OC(C)=O)[C@H]3OC(C)=O)O[C@@H](OC[C@H]3O[C@@H]([Se]c4ccccc4)[C@H](OC(C)=O)[C@@H](OC(C)=O)[C@@H]3OCc3ccccc3)[C@@H]2OC(C)=O)[C@H](OC(C)=O)[C@@H](OC(C)=O)[C@@H]1OC(C)=O. The predicted molar refractivity (Wildman–Crippen MR) is 307 cm³/mol. The third-order valence-corrected chi connectivity index (χ3v) is 16.6. The molecule has 2 N–H and O–H groups in total. The number of aliphatic hydroxyl groups excluding tert-OH is 2. The van der Waals surface area contributed by atoms with Crippen molar-refractivity contribution in [2.75, 3.05) is 26.4 Å². The Morgan fingerprint density at radius 2 is 0.728 bits per heavy atom. The van der Waals surface area contributed by atoms with E-state index in [2.05, 4.69) is 0 Å². The Balaban J connectivity index is 1.32. The number of benzene rings is 3. The molecule has 4 heterocycles. The van der Waals surface area contributed by atoms with Gasteiger partial charge in [0.1, 0.15) is 18.8 Å². The van der Waals surface area contributed by atoms with Crippen LogP contribution in [-0.4, -0.2) is 227 Å². The monoisotopic (exact) mass is 1360 g/mol. The zero-order valence-electron chi connectivity index (χ0n) is 51.8. The Bertz CT molecular complexity index is 2940. The number of carbonyl (C=O) groups is 9. The van der Waals surface area contributed by atoms with E-state index < -0.39 is 217 Å². The summed E-state index contributed by atoms with van der Waals surface area (Å²) in [7, 11) is 0. The van der Waals surface area contributed by atoms with E-state index in [-0.39, 0.29) is 13.2 Å². The second-order valence-electron chi connectivity index (χ2n) is 21.5. The standard InChI is InChI=1S/C62H76O29Se/c1-31(64)74-29-46-50(79-32(2)65)54(82-35(5)68)57(85-38(8)71)61(89-46)91-51-47(73)44(28-77-60-56(84-37(7)70)52(80-33(3)66)48(43(25-63)87-60)75-26-40-19-13-10-14-20-40)88-59(55(51)83-36(6)69)78-30-45-49(76-27-41-21-15-11-16-22-41)53(81-34(4)67)58(86-39(9)72)62(90-45)92-42-23-17-12-18-24-42/h10-24,43-63,73H,25-30H2,1-9H3/t43-,44-,45-,46-,47-,48-,49-,50-,51+,52+,53+,54+,55-,56-,57-,58-,59-,60-,61+,62+/m1/s1. The van der Waals surface area contributed by atoms with E-state index in [1.165, 1.54) is 6.92 Å². The van der Waals surface area contributed by atoms with Crippen molar-refractivity contribution in [3.05, 3.63) is 102 Å². The second kappa shape index (κ2) is 34.8. The fourth-order valence-corrected chi connectivity index (χ4v) is 13.0. The average Bonchev–Trinajstić information content (AvgIpc) is 0.799. The van der Waals surface area contributed by atoms with Gasteiger partial charge in [-0.1, -0.05) is 30.3 Å². The van der Waals surface area contributed by atoms with Gasteiger partial charge in [-0.25, -0.2) is 0 Å². The molecule has 0 saturated carbocycles. The van der Waals surface area contributed by atoms with Crippen LogP contribution in [-0.2, 0) is 142 Å². The molecule has 0 bridgehead atoms. The summed E-state index contributed by atoms with van der Waals surface area (Å²) in [5.41, 5.74) is 1.34. The molecule has 30 heteroatoms. The van der Waals surface area contributed by atoms with Crippen LogP contribution in [0.2, 0.25) is 0 Å². The zero-order chi connectivity index (χ0) is 66.8. The summed E-state index contributed by atoms with van der Waals surface area (Å²) in [4.78, 5) is 116. The third kappa shape index (κ3) is 20.7. The Hall–Kier alpha value is -7.03. The minimum atomic E-state index is -2.11. The van der Waals surface area contributed by atoms with Crippen LogP contribution in [0.1, 0.15) is 73.4 Å². The first-order valence-electron chi connectivity index (χ1n) is 29.2. The molecule has 3 aromatic rings. The molecule has 0 unspecified atom stereocenters. The molecule has 29 nitrogen and oxygen atoms in total. The summed E-state index contributed by atoms with van der Waals surface area (Å²) in [5.74, 6) is -8.10. The number of hydrogen-bond acceptors (Lipinski definition) is 29. The molecular weight excluding hydrogens is 1290 g/mol. The Labute approximate surface area is 535 Å². The summed E-state index contributed by atoms with van der Waals surface area (Å²) in [6.45, 7) is 6.38. The van der Waals surface area contributed by atoms with Crippen LogP contribution >= 0.6 is 0 Å². The van der Waals surface area contributed by atoms with Crippen LogP contribution in [0.15, 0.2) is 91.0 Å². The first kappa shape index (κ1) is 72.4. The molecule has 504 valence electrons. The number of ether oxygens (including phenoxy) is 18. The number of carbonyl (C=O) groups excluding carboxylic acids is 9. The molecule has 0 amide bonds. The molecule has 92 heavy (non-hydrogen) atoms. The molecule has 3 aromatic carbocycles. The Morgan fingerprint density at radius 3 is 1.20 bits per heavy atom. The maximum atomic E-state index is 13.4. The number of hydrogen-bond donors (Lipinski definition) is 2. The van der Waals surface area contributed by atoms with E-state index in [9.17, 15) is 53.4 Å². The van der Waals surface area contributed by atoms with Gasteiger partial charge >= 0.3 is 353 Å². The molecule has 4 aliphatic rings. The molecule has 4 saturated heterocycles. The van der Waals surface area contributed by atoms with E-state index in [1.54, 1.807) is 78.9 Å². The quantitative estimate of drug-likeness (QED) is 0.0607. The van der Waals surface area contributed by atoms with Crippen molar-refractivity contribution < 1.29 is 139 Å². The topological polar surface area (TPSA) is 360 Å². The van der Waals surface area contributed by atoms with E-state index in [4.69, 9.17) is 85.3 Å². The van der Waals surface area contributed by atoms with Gasteiger partial charge < -0.3 is 33.5 Å². The van der Waals surface area contributed by atoms with Crippen molar-refractivity contribution in [1.29, 1.82) is 0 Å². The van der Waals surface area contributed by atoms with Gasteiger partial charge in [0.15, 0.2) is 12.2 Å². The molecule has 0 aliphatic carbocycles. The van der Waals surface area contributed by atoms with E-state index in [1.807, 2.05) is 12.1 Å². The molecule has 0 spiro atoms. The third-order valence-electron chi connectivity index (χ3n) is 14.1. The van der Waals surface area contributed by atoms with Gasteiger partial charge in [-0.05, 0) is 5.56 Å². The van der Waals surface area contributed by atoms with Crippen molar-refractivity contribution in [2.45, 2.75) is 197 Å². The Morgan fingerprint density at radius 1 is 0.370 bits per heavy atom. The van der Waals surface area contributed by atoms with Crippen molar-refractivity contribution in [1.82, 2.24) is 0 Å². The summed E-state index contributed by atoms with van der Waals surface area (Å²) >= 11 is -0.706. The van der Waals surface area contributed by atoms with Gasteiger partial charge in [-0.2, -0.15) is 0 Å². The number of aliphatic hydroxyl groups is 2. The molecule has 4 aliphatic heterocycles. The fourth-order valence-electron chi connectivity index (χ4n) is 10.6. The first-order valence-corrected chi connectivity index (χ1v) is 31.1. The van der Waals surface area contributed by atoms with Crippen LogP contribution in [0.4, 0.5) is 0 Å². The second-order valence-corrected chi connectivity index (χ2v) is 23.9. The summed E-state index contributed by atoms with van der Waals surface area (Å²) in [6, 6.07) is 26.7. The van der Waals surface area contributed by atoms with Gasteiger partial charge in [-0.15, -0.1) is 0 Å². The van der Waals surface area contributed by atoms with Crippen molar-refractivity contribution >= 4 is 73.1 Å². The van der Waals surface area contributed by atoms with Crippen LogP contribution in [0.25, 0.3) is 0 Å². The van der Waals surface area contributed by atoms with Crippen LogP contribution in [0, 0.1) is 0 Å². The molecule has 4 fully saturated rings. The summed E-state index contributed by atoms with van der Waals surface area (Å²) in [6.07, 6.45) is -31.7. The van der Waals surface area contributed by atoms with Gasteiger partial charge in [0.25, 0.3) is 0 Å². The van der Waals surface area contributed by atoms with E-state index >= 15 is 0 Å². The summed E-state index contributed by atoms with van der Waals surface area (Å²) < 4.78 is 110. The molecule has 7 rings (SSSR count). The molecule has 0 radical (unpaired) electrons. The smallest absolute Gasteiger partial charge is 0.455 e. The average molecular weight is 1360 g/mol. The number of rotatable bonds is 27. The first-order chi connectivity index (χ1) is 43.9. The van der Waals surface area contributed by atoms with Crippen LogP contribution in [0.5, 0.6) is 0 Å². The minimum absolute atomic E-state index is 0.0904. The van der Waals surface area contributed by atoms with E-state index in [0.29, 0.717) is 11.1 Å². The normalized spacial score (nSPS) is 31.1.